The van der Waals surface area contributed by atoms with Gasteiger partial charge >= 0.3 is 0 Å². The third kappa shape index (κ3) is 4.60. The minimum Gasteiger partial charge on any atom is -0.495 e. The minimum absolute atomic E-state index is 0.00764. The Hall–Kier alpha value is -1.76. The van der Waals surface area contributed by atoms with E-state index in [1.54, 1.807) is 24.3 Å². The van der Waals surface area contributed by atoms with Gasteiger partial charge in [-0.25, -0.2) is 8.42 Å². The Labute approximate surface area is 138 Å². The SMILES string of the molecule is COc1ccccc1N(CCC(=O)N1CCCCC1)S(C)(=O)=O. The van der Waals surface area contributed by atoms with E-state index in [-0.39, 0.29) is 18.9 Å². The second kappa shape index (κ2) is 7.68. The maximum Gasteiger partial charge on any atom is 0.232 e. The molecule has 6 nitrogen and oxygen atoms in total. The second-order valence-corrected chi connectivity index (χ2v) is 7.61. The summed E-state index contributed by atoms with van der Waals surface area (Å²) in [6.07, 6.45) is 4.51. The molecule has 1 amide bonds. The maximum absolute atomic E-state index is 12.3. The van der Waals surface area contributed by atoms with Gasteiger partial charge < -0.3 is 9.64 Å². The Kier molecular flexibility index (Phi) is 5.87. The lowest BCUT2D eigenvalue weighted by Gasteiger charge is -2.29. The van der Waals surface area contributed by atoms with Crippen LogP contribution in [0.2, 0.25) is 0 Å². The van der Waals surface area contributed by atoms with Crippen LogP contribution in [0.3, 0.4) is 0 Å². The number of hydrogen-bond acceptors (Lipinski definition) is 4. The van der Waals surface area contributed by atoms with Crippen molar-refractivity contribution >= 4 is 21.6 Å². The number of sulfonamides is 1. The molecule has 0 aromatic heterocycles. The predicted octanol–water partition coefficient (Wildman–Crippen LogP) is 1.86. The quantitative estimate of drug-likeness (QED) is 0.793. The summed E-state index contributed by atoms with van der Waals surface area (Å²) >= 11 is 0. The third-order valence-electron chi connectivity index (χ3n) is 3.99. The Morgan fingerprint density at radius 3 is 2.48 bits per heavy atom. The van der Waals surface area contributed by atoms with Gasteiger partial charge in [0, 0.05) is 26.1 Å². The van der Waals surface area contributed by atoms with Crippen molar-refractivity contribution in [2.45, 2.75) is 25.7 Å². The molecule has 0 radical (unpaired) electrons. The lowest BCUT2D eigenvalue weighted by molar-refractivity contribution is -0.131. The fraction of sp³-hybridized carbons (Fsp3) is 0.562. The molecular formula is C16H24N2O4S. The molecule has 1 fully saturated rings. The van der Waals surface area contributed by atoms with Gasteiger partial charge in [-0.05, 0) is 31.4 Å². The van der Waals surface area contributed by atoms with Crippen molar-refractivity contribution in [2.24, 2.45) is 0 Å². The van der Waals surface area contributed by atoms with Crippen LogP contribution in [-0.2, 0) is 14.8 Å². The van der Waals surface area contributed by atoms with E-state index in [0.717, 1.165) is 38.6 Å². The molecule has 0 atom stereocenters. The zero-order valence-electron chi connectivity index (χ0n) is 13.7. The molecule has 0 spiro atoms. The van der Waals surface area contributed by atoms with Crippen LogP contribution in [0.15, 0.2) is 24.3 Å². The smallest absolute Gasteiger partial charge is 0.232 e. The Morgan fingerprint density at radius 2 is 1.87 bits per heavy atom. The standard InChI is InChI=1S/C16H24N2O4S/c1-22-15-9-5-4-8-14(15)18(23(2,20)21)13-10-16(19)17-11-6-3-7-12-17/h4-5,8-9H,3,6-7,10-13H2,1-2H3. The lowest BCUT2D eigenvalue weighted by Crippen LogP contribution is -2.39. The number of nitrogens with zero attached hydrogens (tertiary/aromatic N) is 2. The van der Waals surface area contributed by atoms with Gasteiger partial charge in [-0.2, -0.15) is 0 Å². The van der Waals surface area contributed by atoms with E-state index in [1.165, 1.54) is 11.4 Å². The molecule has 0 aliphatic carbocycles. The molecule has 0 bridgehead atoms. The van der Waals surface area contributed by atoms with Gasteiger partial charge in [0.05, 0.1) is 19.1 Å². The third-order valence-corrected chi connectivity index (χ3v) is 5.17. The highest BCUT2D eigenvalue weighted by Crippen LogP contribution is 2.29. The molecule has 128 valence electrons. The van der Waals surface area contributed by atoms with Gasteiger partial charge in [-0.3, -0.25) is 9.10 Å². The van der Waals surface area contributed by atoms with Crippen molar-refractivity contribution < 1.29 is 17.9 Å². The van der Waals surface area contributed by atoms with E-state index in [1.807, 2.05) is 4.90 Å². The minimum atomic E-state index is -3.49. The molecule has 23 heavy (non-hydrogen) atoms. The molecule has 0 saturated carbocycles. The van der Waals surface area contributed by atoms with Crippen molar-refractivity contribution in [3.63, 3.8) is 0 Å². The molecule has 1 aliphatic rings. The summed E-state index contributed by atoms with van der Waals surface area (Å²) in [5.41, 5.74) is 0.462. The average Bonchev–Trinajstić information content (AvgIpc) is 2.55. The Balaban J connectivity index is 2.12. The molecule has 7 heteroatoms. The molecule has 1 heterocycles. The molecule has 0 unspecified atom stereocenters. The number of methoxy groups -OCH3 is 1. The summed E-state index contributed by atoms with van der Waals surface area (Å²) in [6, 6.07) is 6.93. The number of carbonyl (C=O) groups is 1. The second-order valence-electron chi connectivity index (χ2n) is 5.70. The van der Waals surface area contributed by atoms with E-state index in [4.69, 9.17) is 4.74 Å². The van der Waals surface area contributed by atoms with E-state index >= 15 is 0 Å². The lowest BCUT2D eigenvalue weighted by atomic mass is 10.1. The van der Waals surface area contributed by atoms with Crippen LogP contribution in [0, 0.1) is 0 Å². The fourth-order valence-corrected chi connectivity index (χ4v) is 3.73. The van der Waals surface area contributed by atoms with Crippen LogP contribution in [0.4, 0.5) is 5.69 Å². The summed E-state index contributed by atoms with van der Waals surface area (Å²) in [6.45, 7) is 1.66. The number of hydrogen-bond donors (Lipinski definition) is 0. The van der Waals surface area contributed by atoms with Crippen molar-refractivity contribution in [3.8, 4) is 5.75 Å². The number of ether oxygens (including phenoxy) is 1. The van der Waals surface area contributed by atoms with Crippen molar-refractivity contribution in [2.75, 3.05) is 37.3 Å². The molecule has 1 aromatic rings. The number of carbonyl (C=O) groups excluding carboxylic acids is 1. The monoisotopic (exact) mass is 340 g/mol. The van der Waals surface area contributed by atoms with Crippen LogP contribution < -0.4 is 9.04 Å². The van der Waals surface area contributed by atoms with Crippen molar-refractivity contribution in [3.05, 3.63) is 24.3 Å². The normalized spacial score (nSPS) is 15.3. The highest BCUT2D eigenvalue weighted by Gasteiger charge is 2.23. The fourth-order valence-electron chi connectivity index (χ4n) is 2.80. The summed E-state index contributed by atoms with van der Waals surface area (Å²) in [5.74, 6) is 0.483. The molecule has 1 aliphatic heterocycles. The first-order valence-corrected chi connectivity index (χ1v) is 9.67. The van der Waals surface area contributed by atoms with Crippen LogP contribution in [0.1, 0.15) is 25.7 Å². The largest absolute Gasteiger partial charge is 0.495 e. The summed E-state index contributed by atoms with van der Waals surface area (Å²) in [7, 11) is -2.00. The summed E-state index contributed by atoms with van der Waals surface area (Å²) in [4.78, 5) is 14.1. The number of piperidine rings is 1. The first-order chi connectivity index (χ1) is 10.9. The highest BCUT2D eigenvalue weighted by molar-refractivity contribution is 7.92. The van der Waals surface area contributed by atoms with E-state index in [0.29, 0.717) is 11.4 Å². The maximum atomic E-state index is 12.3. The van der Waals surface area contributed by atoms with Gasteiger partial charge in [0.25, 0.3) is 0 Å². The van der Waals surface area contributed by atoms with Crippen LogP contribution in [0.25, 0.3) is 0 Å². The van der Waals surface area contributed by atoms with Crippen LogP contribution in [0.5, 0.6) is 5.75 Å². The zero-order valence-corrected chi connectivity index (χ0v) is 14.5. The molecule has 1 saturated heterocycles. The topological polar surface area (TPSA) is 66.9 Å². The average molecular weight is 340 g/mol. The zero-order chi connectivity index (χ0) is 16.9. The predicted molar refractivity (Wildman–Crippen MR) is 90.2 cm³/mol. The number of anilines is 1. The van der Waals surface area contributed by atoms with E-state index in [9.17, 15) is 13.2 Å². The van der Waals surface area contributed by atoms with Gasteiger partial charge in [0.1, 0.15) is 5.75 Å². The number of para-hydroxylation sites is 2. The Morgan fingerprint density at radius 1 is 1.22 bits per heavy atom. The van der Waals surface area contributed by atoms with Crippen molar-refractivity contribution in [1.29, 1.82) is 0 Å². The molecule has 1 aromatic carbocycles. The number of rotatable bonds is 6. The van der Waals surface area contributed by atoms with Gasteiger partial charge in [-0.1, -0.05) is 12.1 Å². The number of likely N-dealkylation sites (tertiary alicyclic amines) is 1. The van der Waals surface area contributed by atoms with Crippen molar-refractivity contribution in [1.82, 2.24) is 4.90 Å². The van der Waals surface area contributed by atoms with E-state index in [2.05, 4.69) is 0 Å². The number of amides is 1. The molecule has 0 N–H and O–H groups in total. The first-order valence-electron chi connectivity index (χ1n) is 7.82. The van der Waals surface area contributed by atoms with Gasteiger partial charge in [0.15, 0.2) is 0 Å². The van der Waals surface area contributed by atoms with E-state index < -0.39 is 10.0 Å². The summed E-state index contributed by atoms with van der Waals surface area (Å²) in [5, 5.41) is 0. The molecule has 2 rings (SSSR count). The first kappa shape index (κ1) is 17.6. The van der Waals surface area contributed by atoms with Crippen LogP contribution in [-0.4, -0.2) is 52.2 Å². The summed E-state index contributed by atoms with van der Waals surface area (Å²) < 4.78 is 30.8. The van der Waals surface area contributed by atoms with Gasteiger partial charge in [0.2, 0.25) is 15.9 Å². The Bertz CT molecular complexity index is 639. The number of benzene rings is 1. The highest BCUT2D eigenvalue weighted by atomic mass is 32.2. The molecular weight excluding hydrogens is 316 g/mol. The van der Waals surface area contributed by atoms with Crippen LogP contribution >= 0.6 is 0 Å². The van der Waals surface area contributed by atoms with Gasteiger partial charge in [-0.15, -0.1) is 0 Å².